The van der Waals surface area contributed by atoms with Gasteiger partial charge in [-0.25, -0.2) is 9.78 Å². The number of hydrogen-bond acceptors (Lipinski definition) is 9. The van der Waals surface area contributed by atoms with Gasteiger partial charge in [0, 0.05) is 38.0 Å². The molecule has 242 valence electrons. The SMILES string of the molecule is CC(C)(C)OC(=O)N1CC[C@@H](C(=O)N2CCC(O)(Cn3cnc(Oc4ccc(C#N)cc4)c(N)c3=O)CC2)[C@H](c2ccccc2)C1. The summed E-state index contributed by atoms with van der Waals surface area (Å²) in [4.78, 5) is 47.5. The quantitative estimate of drug-likeness (QED) is 0.412. The molecule has 3 aromatic rings. The molecule has 12 heteroatoms. The number of aliphatic hydroxyl groups is 1. The first-order valence-corrected chi connectivity index (χ1v) is 15.4. The fourth-order valence-corrected chi connectivity index (χ4v) is 6.02. The van der Waals surface area contributed by atoms with Gasteiger partial charge in [0.05, 0.1) is 23.8 Å². The van der Waals surface area contributed by atoms with E-state index in [4.69, 9.17) is 20.5 Å². The van der Waals surface area contributed by atoms with Crippen LogP contribution in [0.1, 0.15) is 57.1 Å². The number of ether oxygens (including phenoxy) is 2. The number of anilines is 1. The van der Waals surface area contributed by atoms with Gasteiger partial charge in [-0.05, 0) is 69.9 Å². The molecule has 0 unspecified atom stereocenters. The van der Waals surface area contributed by atoms with Crippen LogP contribution < -0.4 is 16.0 Å². The highest BCUT2D eigenvalue weighted by molar-refractivity contribution is 5.81. The molecule has 0 spiro atoms. The number of carbonyl (C=O) groups excluding carboxylic acids is 2. The van der Waals surface area contributed by atoms with E-state index >= 15 is 0 Å². The predicted molar refractivity (Wildman–Crippen MR) is 170 cm³/mol. The Kier molecular flexibility index (Phi) is 9.34. The molecule has 0 saturated carbocycles. The van der Waals surface area contributed by atoms with Crippen LogP contribution in [0.2, 0.25) is 0 Å². The third-order valence-electron chi connectivity index (χ3n) is 8.51. The summed E-state index contributed by atoms with van der Waals surface area (Å²) in [5, 5.41) is 20.4. The number of carbonyl (C=O) groups is 2. The average molecular weight is 629 g/mol. The first-order chi connectivity index (χ1) is 21.9. The first kappa shape index (κ1) is 32.5. The van der Waals surface area contributed by atoms with Gasteiger partial charge in [0.15, 0.2) is 5.69 Å². The van der Waals surface area contributed by atoms with Crippen LogP contribution in [-0.2, 0) is 16.1 Å². The van der Waals surface area contributed by atoms with Gasteiger partial charge in [-0.2, -0.15) is 5.26 Å². The van der Waals surface area contributed by atoms with E-state index in [0.29, 0.717) is 43.9 Å². The zero-order chi connectivity index (χ0) is 33.1. The standard InChI is InChI=1S/C34H40N6O6/c1-33(2,3)46-32(43)39-16-13-26(27(20-39)24-7-5-4-6-8-24)30(41)38-17-14-34(44,15-18-38)21-40-22-37-29(28(36)31(40)42)45-25-11-9-23(19-35)10-12-25/h4-12,22,26-27,44H,13-18,20-21,36H2,1-3H3/t26-,27+/m1/s1. The van der Waals surface area contributed by atoms with Gasteiger partial charge in [-0.1, -0.05) is 30.3 Å². The second-order valence-electron chi connectivity index (χ2n) is 13.0. The van der Waals surface area contributed by atoms with E-state index in [0.717, 1.165) is 5.56 Å². The van der Waals surface area contributed by atoms with Crippen molar-refractivity contribution in [2.24, 2.45) is 5.92 Å². The number of amides is 2. The molecule has 0 radical (unpaired) electrons. The summed E-state index contributed by atoms with van der Waals surface area (Å²) in [5.41, 5.74) is 4.89. The monoisotopic (exact) mass is 628 g/mol. The van der Waals surface area contributed by atoms with Crippen molar-refractivity contribution in [3.05, 3.63) is 82.4 Å². The minimum Gasteiger partial charge on any atom is -0.444 e. The summed E-state index contributed by atoms with van der Waals surface area (Å²) in [6.45, 7) is 6.88. The lowest BCUT2D eigenvalue weighted by molar-refractivity contribution is -0.142. The summed E-state index contributed by atoms with van der Waals surface area (Å²) >= 11 is 0. The molecule has 12 nitrogen and oxygen atoms in total. The van der Waals surface area contributed by atoms with Crippen LogP contribution in [-0.4, -0.2) is 73.8 Å². The summed E-state index contributed by atoms with van der Waals surface area (Å²) in [5.74, 6) is -0.233. The van der Waals surface area contributed by atoms with Crippen LogP contribution in [0, 0.1) is 17.2 Å². The zero-order valence-electron chi connectivity index (χ0n) is 26.4. The summed E-state index contributed by atoms with van der Waals surface area (Å²) in [7, 11) is 0. The van der Waals surface area contributed by atoms with Crippen molar-refractivity contribution in [3.8, 4) is 17.7 Å². The highest BCUT2D eigenvalue weighted by Crippen LogP contribution is 2.36. The second kappa shape index (κ2) is 13.2. The Morgan fingerprint density at radius 1 is 1.07 bits per heavy atom. The molecule has 2 amide bonds. The normalized spacial score (nSPS) is 19.6. The fourth-order valence-electron chi connectivity index (χ4n) is 6.02. The van der Waals surface area contributed by atoms with E-state index in [2.05, 4.69) is 4.98 Å². The van der Waals surface area contributed by atoms with Gasteiger partial charge in [-0.3, -0.25) is 14.2 Å². The van der Waals surface area contributed by atoms with E-state index in [1.807, 2.05) is 57.2 Å². The van der Waals surface area contributed by atoms with Crippen molar-refractivity contribution in [2.45, 2.75) is 63.7 Å². The van der Waals surface area contributed by atoms with Gasteiger partial charge in [0.25, 0.3) is 5.56 Å². The number of nitrogens with two attached hydrogens (primary N) is 1. The largest absolute Gasteiger partial charge is 0.444 e. The average Bonchev–Trinajstić information content (AvgIpc) is 3.04. The molecule has 1 aromatic heterocycles. The lowest BCUT2D eigenvalue weighted by Gasteiger charge is -2.43. The van der Waals surface area contributed by atoms with Gasteiger partial charge in [0.1, 0.15) is 17.7 Å². The minimum absolute atomic E-state index is 0.00729. The van der Waals surface area contributed by atoms with Gasteiger partial charge in [-0.15, -0.1) is 0 Å². The highest BCUT2D eigenvalue weighted by atomic mass is 16.6. The molecular weight excluding hydrogens is 588 g/mol. The molecule has 2 saturated heterocycles. The Bertz CT molecular complexity index is 1650. The maximum Gasteiger partial charge on any atom is 0.410 e. The van der Waals surface area contributed by atoms with Crippen molar-refractivity contribution in [1.82, 2.24) is 19.4 Å². The van der Waals surface area contributed by atoms with Crippen LogP contribution in [0.5, 0.6) is 11.6 Å². The molecular formula is C34H40N6O6. The fraction of sp³-hybridized carbons (Fsp3) is 0.441. The van der Waals surface area contributed by atoms with Crippen LogP contribution in [0.3, 0.4) is 0 Å². The number of hydrogen-bond donors (Lipinski definition) is 2. The predicted octanol–water partition coefficient (Wildman–Crippen LogP) is 3.88. The van der Waals surface area contributed by atoms with Gasteiger partial charge in [0.2, 0.25) is 11.8 Å². The second-order valence-corrected chi connectivity index (χ2v) is 13.0. The van der Waals surface area contributed by atoms with Crippen LogP contribution in [0.15, 0.2) is 65.7 Å². The van der Waals surface area contributed by atoms with Crippen molar-refractivity contribution in [1.29, 1.82) is 5.26 Å². The third kappa shape index (κ3) is 7.49. The van der Waals surface area contributed by atoms with E-state index in [-0.39, 0.29) is 54.8 Å². The number of nitriles is 1. The maximum absolute atomic E-state index is 13.9. The minimum atomic E-state index is -1.25. The van der Waals surface area contributed by atoms with Crippen molar-refractivity contribution in [3.63, 3.8) is 0 Å². The van der Waals surface area contributed by atoms with Crippen molar-refractivity contribution >= 4 is 17.7 Å². The number of benzene rings is 2. The van der Waals surface area contributed by atoms with Gasteiger partial charge < -0.3 is 30.1 Å². The molecule has 2 atom stereocenters. The van der Waals surface area contributed by atoms with Gasteiger partial charge >= 0.3 is 6.09 Å². The van der Waals surface area contributed by atoms with E-state index in [1.54, 1.807) is 34.1 Å². The topological polar surface area (TPSA) is 164 Å². The Hall–Kier alpha value is -4.89. The van der Waals surface area contributed by atoms with Crippen LogP contribution >= 0.6 is 0 Å². The zero-order valence-corrected chi connectivity index (χ0v) is 26.4. The Morgan fingerprint density at radius 2 is 1.74 bits per heavy atom. The molecule has 3 heterocycles. The third-order valence-corrected chi connectivity index (χ3v) is 8.51. The molecule has 2 aliphatic heterocycles. The molecule has 3 N–H and O–H groups in total. The molecule has 5 rings (SSSR count). The number of nitrogen functional groups attached to an aromatic ring is 1. The number of rotatable bonds is 6. The Balaban J connectivity index is 1.23. The molecule has 0 aliphatic carbocycles. The molecule has 2 aliphatic rings. The van der Waals surface area contributed by atoms with Crippen LogP contribution in [0.4, 0.5) is 10.5 Å². The number of nitrogens with zero attached hydrogens (tertiary/aromatic N) is 5. The lowest BCUT2D eigenvalue weighted by Crippen LogP contribution is -2.53. The van der Waals surface area contributed by atoms with E-state index in [1.165, 1.54) is 10.9 Å². The molecule has 0 bridgehead atoms. The summed E-state index contributed by atoms with van der Waals surface area (Å²) < 4.78 is 12.5. The first-order valence-electron chi connectivity index (χ1n) is 15.4. The molecule has 46 heavy (non-hydrogen) atoms. The summed E-state index contributed by atoms with van der Waals surface area (Å²) in [6, 6.07) is 18.1. The highest BCUT2D eigenvalue weighted by Gasteiger charge is 2.42. The van der Waals surface area contributed by atoms with Crippen molar-refractivity contribution < 1.29 is 24.2 Å². The summed E-state index contributed by atoms with van der Waals surface area (Å²) in [6.07, 6.45) is 1.93. The Morgan fingerprint density at radius 3 is 2.37 bits per heavy atom. The number of piperidine rings is 2. The van der Waals surface area contributed by atoms with Crippen LogP contribution in [0.25, 0.3) is 0 Å². The maximum atomic E-state index is 13.9. The number of likely N-dealkylation sites (tertiary alicyclic amines) is 2. The molecule has 2 aromatic carbocycles. The van der Waals surface area contributed by atoms with E-state index in [9.17, 15) is 19.5 Å². The smallest absolute Gasteiger partial charge is 0.410 e. The molecule has 2 fully saturated rings. The Labute approximate surface area is 268 Å². The number of aromatic nitrogens is 2. The van der Waals surface area contributed by atoms with Crippen molar-refractivity contribution in [2.75, 3.05) is 31.9 Å². The lowest BCUT2D eigenvalue weighted by atomic mass is 9.79. The van der Waals surface area contributed by atoms with E-state index < -0.39 is 16.8 Å².